The molecule has 2 amide bonds. The number of amides is 2. The molecule has 1 heterocycles. The molecule has 24 heavy (non-hydrogen) atoms. The first kappa shape index (κ1) is 18.3. The van der Waals surface area contributed by atoms with E-state index in [1.165, 1.54) is 0 Å². The molecule has 0 spiro atoms. The molecule has 0 aliphatic carbocycles. The van der Waals surface area contributed by atoms with Crippen LogP contribution in [0.25, 0.3) is 0 Å². The lowest BCUT2D eigenvalue weighted by molar-refractivity contribution is -0.133. The van der Waals surface area contributed by atoms with Gasteiger partial charge in [0.2, 0.25) is 11.8 Å². The van der Waals surface area contributed by atoms with Crippen molar-refractivity contribution in [3.8, 4) is 5.75 Å². The van der Waals surface area contributed by atoms with E-state index in [1.54, 1.807) is 7.11 Å². The van der Waals surface area contributed by atoms with Gasteiger partial charge in [-0.3, -0.25) is 14.5 Å². The zero-order chi connectivity index (χ0) is 17.4. The average Bonchev–Trinajstić information content (AvgIpc) is 2.61. The van der Waals surface area contributed by atoms with Crippen molar-refractivity contribution in [1.29, 1.82) is 0 Å². The number of rotatable bonds is 7. The number of carbonyl (C=O) groups excluding carboxylic acids is 2. The van der Waals surface area contributed by atoms with E-state index < -0.39 is 0 Å². The average molecular weight is 333 g/mol. The molecule has 132 valence electrons. The third-order valence-corrected chi connectivity index (χ3v) is 4.25. The highest BCUT2D eigenvalue weighted by atomic mass is 16.5. The Labute approximate surface area is 143 Å². The van der Waals surface area contributed by atoms with E-state index in [4.69, 9.17) is 4.74 Å². The van der Waals surface area contributed by atoms with Crippen molar-refractivity contribution in [2.45, 2.75) is 19.8 Å². The largest absolute Gasteiger partial charge is 0.497 e. The van der Waals surface area contributed by atoms with Crippen LogP contribution in [0.5, 0.6) is 5.75 Å². The van der Waals surface area contributed by atoms with Crippen molar-refractivity contribution in [2.75, 3.05) is 46.4 Å². The predicted octanol–water partition coefficient (Wildman–Crippen LogP) is 0.908. The van der Waals surface area contributed by atoms with E-state index in [2.05, 4.69) is 10.2 Å². The molecule has 2 rings (SSSR count). The van der Waals surface area contributed by atoms with Crippen molar-refractivity contribution in [3.63, 3.8) is 0 Å². The number of benzene rings is 1. The summed E-state index contributed by atoms with van der Waals surface area (Å²) in [6.07, 6.45) is 1.25. The molecular formula is C18H27N3O3. The molecule has 0 unspecified atom stereocenters. The molecular weight excluding hydrogens is 306 g/mol. The summed E-state index contributed by atoms with van der Waals surface area (Å²) in [4.78, 5) is 27.9. The second-order valence-electron chi connectivity index (χ2n) is 5.96. The van der Waals surface area contributed by atoms with Gasteiger partial charge in [-0.2, -0.15) is 0 Å². The highest BCUT2D eigenvalue weighted by Gasteiger charge is 2.21. The smallest absolute Gasteiger partial charge is 0.234 e. The summed E-state index contributed by atoms with van der Waals surface area (Å²) >= 11 is 0. The number of likely N-dealkylation sites (N-methyl/N-ethyl adjacent to an activating group) is 1. The van der Waals surface area contributed by atoms with Crippen molar-refractivity contribution < 1.29 is 14.3 Å². The van der Waals surface area contributed by atoms with Crippen molar-refractivity contribution in [1.82, 2.24) is 15.1 Å². The third kappa shape index (κ3) is 5.53. The Morgan fingerprint density at radius 1 is 1.12 bits per heavy atom. The van der Waals surface area contributed by atoms with Crippen molar-refractivity contribution >= 4 is 11.8 Å². The van der Waals surface area contributed by atoms with Crippen LogP contribution in [0.2, 0.25) is 0 Å². The van der Waals surface area contributed by atoms with Gasteiger partial charge in [0.25, 0.3) is 0 Å². The monoisotopic (exact) mass is 333 g/mol. The van der Waals surface area contributed by atoms with E-state index in [-0.39, 0.29) is 11.8 Å². The molecule has 6 nitrogen and oxygen atoms in total. The summed E-state index contributed by atoms with van der Waals surface area (Å²) in [5, 5.41) is 2.80. The molecule has 0 saturated carbocycles. The van der Waals surface area contributed by atoms with Crippen LogP contribution in [-0.2, 0) is 16.0 Å². The van der Waals surface area contributed by atoms with Gasteiger partial charge < -0.3 is 15.0 Å². The molecule has 0 bridgehead atoms. The first-order chi connectivity index (χ1) is 11.6. The van der Waals surface area contributed by atoms with Crippen LogP contribution in [-0.4, -0.2) is 68.0 Å². The fourth-order valence-corrected chi connectivity index (χ4v) is 2.81. The predicted molar refractivity (Wildman–Crippen MR) is 93.0 cm³/mol. The molecule has 1 aliphatic heterocycles. The summed E-state index contributed by atoms with van der Waals surface area (Å²) in [5.74, 6) is 1.06. The lowest BCUT2D eigenvalue weighted by atomic mass is 10.1. The zero-order valence-electron chi connectivity index (χ0n) is 14.6. The SMILES string of the molecule is CCNC(=O)CN1CCN(C(=O)CCc2ccc(OC)cc2)CC1. The van der Waals surface area contributed by atoms with Gasteiger partial charge in [0.15, 0.2) is 0 Å². The first-order valence-corrected chi connectivity index (χ1v) is 8.52. The molecule has 0 aromatic heterocycles. The lowest BCUT2D eigenvalue weighted by Gasteiger charge is -2.34. The number of hydrogen-bond acceptors (Lipinski definition) is 4. The second-order valence-corrected chi connectivity index (χ2v) is 5.96. The van der Waals surface area contributed by atoms with Crippen LogP contribution in [0.4, 0.5) is 0 Å². The molecule has 6 heteroatoms. The number of nitrogens with one attached hydrogen (secondary N) is 1. The van der Waals surface area contributed by atoms with Gasteiger partial charge >= 0.3 is 0 Å². The summed E-state index contributed by atoms with van der Waals surface area (Å²) < 4.78 is 5.13. The van der Waals surface area contributed by atoms with Crippen molar-refractivity contribution in [2.24, 2.45) is 0 Å². The molecule has 1 aromatic rings. The normalized spacial score (nSPS) is 15.2. The number of carbonyl (C=O) groups is 2. The quantitative estimate of drug-likeness (QED) is 0.806. The maximum absolute atomic E-state index is 12.3. The number of piperazine rings is 1. The first-order valence-electron chi connectivity index (χ1n) is 8.52. The number of hydrogen-bond donors (Lipinski definition) is 1. The van der Waals surface area contributed by atoms with E-state index in [9.17, 15) is 9.59 Å². The van der Waals surface area contributed by atoms with Gasteiger partial charge in [0.1, 0.15) is 5.75 Å². The molecule has 1 saturated heterocycles. The summed E-state index contributed by atoms with van der Waals surface area (Å²) in [7, 11) is 1.64. The lowest BCUT2D eigenvalue weighted by Crippen LogP contribution is -2.51. The maximum Gasteiger partial charge on any atom is 0.234 e. The van der Waals surface area contributed by atoms with E-state index in [0.29, 0.717) is 32.6 Å². The molecule has 1 fully saturated rings. The molecule has 1 aromatic carbocycles. The second kappa shape index (κ2) is 9.27. The molecule has 1 N–H and O–H groups in total. The summed E-state index contributed by atoms with van der Waals surface area (Å²) in [5.41, 5.74) is 1.14. The third-order valence-electron chi connectivity index (χ3n) is 4.25. The van der Waals surface area contributed by atoms with Crippen LogP contribution >= 0.6 is 0 Å². The Bertz CT molecular complexity index is 537. The molecule has 0 atom stereocenters. The van der Waals surface area contributed by atoms with Crippen LogP contribution in [0.1, 0.15) is 18.9 Å². The van der Waals surface area contributed by atoms with Crippen LogP contribution in [0.15, 0.2) is 24.3 Å². The summed E-state index contributed by atoms with van der Waals surface area (Å²) in [6.45, 7) is 5.89. The van der Waals surface area contributed by atoms with Crippen LogP contribution in [0.3, 0.4) is 0 Å². The van der Waals surface area contributed by atoms with Crippen molar-refractivity contribution in [3.05, 3.63) is 29.8 Å². The van der Waals surface area contributed by atoms with E-state index in [1.807, 2.05) is 36.1 Å². The minimum atomic E-state index is 0.0526. The van der Waals surface area contributed by atoms with Gasteiger partial charge in [-0.1, -0.05) is 12.1 Å². The molecule has 0 radical (unpaired) electrons. The fourth-order valence-electron chi connectivity index (χ4n) is 2.81. The number of nitrogens with zero attached hydrogens (tertiary/aromatic N) is 2. The zero-order valence-corrected chi connectivity index (χ0v) is 14.6. The number of aryl methyl sites for hydroxylation is 1. The topological polar surface area (TPSA) is 61.9 Å². The van der Waals surface area contributed by atoms with Gasteiger partial charge in [0, 0.05) is 39.1 Å². The van der Waals surface area contributed by atoms with Gasteiger partial charge in [-0.15, -0.1) is 0 Å². The van der Waals surface area contributed by atoms with Crippen LogP contribution in [0, 0.1) is 0 Å². The highest BCUT2D eigenvalue weighted by Crippen LogP contribution is 2.13. The van der Waals surface area contributed by atoms with Gasteiger partial charge in [-0.25, -0.2) is 0 Å². The Hall–Kier alpha value is -2.08. The van der Waals surface area contributed by atoms with Gasteiger partial charge in [-0.05, 0) is 31.0 Å². The Balaban J connectivity index is 1.71. The minimum absolute atomic E-state index is 0.0526. The highest BCUT2D eigenvalue weighted by molar-refractivity contribution is 5.78. The van der Waals surface area contributed by atoms with E-state index in [0.717, 1.165) is 30.8 Å². The standard InChI is InChI=1S/C18H27N3O3/c1-3-19-17(22)14-20-10-12-21(13-11-20)18(23)9-6-15-4-7-16(24-2)8-5-15/h4-5,7-8H,3,6,9-14H2,1-2H3,(H,19,22). The number of ether oxygens (including phenoxy) is 1. The molecule has 1 aliphatic rings. The maximum atomic E-state index is 12.3. The van der Waals surface area contributed by atoms with Crippen LogP contribution < -0.4 is 10.1 Å². The summed E-state index contributed by atoms with van der Waals surface area (Å²) in [6, 6.07) is 7.83. The fraction of sp³-hybridized carbons (Fsp3) is 0.556. The van der Waals surface area contributed by atoms with E-state index >= 15 is 0 Å². The Morgan fingerprint density at radius 2 is 1.79 bits per heavy atom. The Morgan fingerprint density at radius 3 is 2.38 bits per heavy atom. The van der Waals surface area contributed by atoms with Gasteiger partial charge in [0.05, 0.1) is 13.7 Å². The Kier molecular flexibility index (Phi) is 7.06. The number of methoxy groups -OCH3 is 1. The minimum Gasteiger partial charge on any atom is -0.497 e.